The van der Waals surface area contributed by atoms with E-state index in [0.29, 0.717) is 10.0 Å². The van der Waals surface area contributed by atoms with Crippen molar-refractivity contribution in [2.24, 2.45) is 0 Å². The van der Waals surface area contributed by atoms with Crippen LogP contribution in [0.25, 0.3) is 0 Å². The maximum atomic E-state index is 7.13. The summed E-state index contributed by atoms with van der Waals surface area (Å²) in [5.41, 5.74) is 1.59. The van der Waals surface area contributed by atoms with E-state index in [9.17, 15) is 0 Å². The third-order valence-corrected chi connectivity index (χ3v) is 6.08. The third-order valence-electron chi connectivity index (χ3n) is 5.42. The van der Waals surface area contributed by atoms with Crippen molar-refractivity contribution in [1.29, 1.82) is 0 Å². The Labute approximate surface area is 185 Å². The Balaban J connectivity index is 1.96. The van der Waals surface area contributed by atoms with E-state index in [1.807, 2.05) is 60.9 Å². The summed E-state index contributed by atoms with van der Waals surface area (Å²) in [6.45, 7) is 3.11. The van der Waals surface area contributed by atoms with Crippen LogP contribution in [-0.2, 0) is 11.9 Å². The lowest BCUT2D eigenvalue weighted by atomic mass is 9.59. The molecule has 0 N–H and O–H groups in total. The van der Waals surface area contributed by atoms with Crippen LogP contribution in [0.1, 0.15) is 62.4 Å². The standard InChI is InChI=1S/C24H27BCl2N2/c1-2-3-4-5-6-11-17-29-18-16-28-23(29)24(25,19-12-7-9-14-21(19)26)20-13-8-10-15-22(20)27/h7-10,12-16,18H,2-6,11,17H2,1H3. The van der Waals surface area contributed by atoms with Crippen molar-refractivity contribution in [1.82, 2.24) is 9.55 Å². The van der Waals surface area contributed by atoms with E-state index in [1.165, 1.54) is 32.1 Å². The van der Waals surface area contributed by atoms with Crippen LogP contribution in [0.3, 0.4) is 0 Å². The second kappa shape index (κ2) is 10.4. The summed E-state index contributed by atoms with van der Waals surface area (Å²) < 4.78 is 2.15. The first-order chi connectivity index (χ1) is 14.1. The molecule has 0 aliphatic heterocycles. The molecular weight excluding hydrogens is 398 g/mol. The Kier molecular flexibility index (Phi) is 7.86. The average Bonchev–Trinajstić information content (AvgIpc) is 3.20. The molecule has 0 aliphatic carbocycles. The highest BCUT2D eigenvalue weighted by Gasteiger charge is 2.37. The minimum Gasteiger partial charge on any atom is -0.335 e. The quantitative estimate of drug-likeness (QED) is 0.252. The molecular formula is C24H27BCl2N2. The highest BCUT2D eigenvalue weighted by atomic mass is 35.5. The number of unbranched alkanes of at least 4 members (excludes halogenated alkanes) is 5. The van der Waals surface area contributed by atoms with Crippen LogP contribution < -0.4 is 0 Å². The molecule has 1 aromatic heterocycles. The van der Waals surface area contributed by atoms with Crippen LogP contribution in [0.15, 0.2) is 60.9 Å². The van der Waals surface area contributed by atoms with E-state index in [1.54, 1.807) is 0 Å². The van der Waals surface area contributed by atoms with E-state index < -0.39 is 5.31 Å². The number of hydrogen-bond acceptors (Lipinski definition) is 1. The lowest BCUT2D eigenvalue weighted by Gasteiger charge is -2.33. The average molecular weight is 425 g/mol. The molecule has 0 atom stereocenters. The number of aromatic nitrogens is 2. The van der Waals surface area contributed by atoms with Crippen molar-refractivity contribution in [2.75, 3.05) is 0 Å². The number of halogens is 2. The van der Waals surface area contributed by atoms with Gasteiger partial charge in [0.05, 0.1) is 7.85 Å². The van der Waals surface area contributed by atoms with Crippen LogP contribution in [0, 0.1) is 0 Å². The van der Waals surface area contributed by atoms with Gasteiger partial charge in [-0.2, -0.15) is 0 Å². The summed E-state index contributed by atoms with van der Waals surface area (Å²) in [5.74, 6) is 0.757. The first-order valence-corrected chi connectivity index (χ1v) is 11.1. The fraction of sp³-hybridized carbons (Fsp3) is 0.375. The maximum Gasteiger partial charge on any atom is 0.114 e. The van der Waals surface area contributed by atoms with Gasteiger partial charge in [-0.15, -0.1) is 0 Å². The molecule has 0 saturated heterocycles. The molecule has 0 aliphatic rings. The second-order valence-corrected chi connectivity index (χ2v) is 8.29. The molecule has 3 rings (SSSR count). The van der Waals surface area contributed by atoms with E-state index in [2.05, 4.69) is 16.5 Å². The van der Waals surface area contributed by atoms with Gasteiger partial charge in [0.15, 0.2) is 0 Å². The van der Waals surface area contributed by atoms with Crippen LogP contribution in [0.2, 0.25) is 10.0 Å². The second-order valence-electron chi connectivity index (χ2n) is 7.48. The van der Waals surface area contributed by atoms with Gasteiger partial charge in [0.25, 0.3) is 0 Å². The fourth-order valence-corrected chi connectivity index (χ4v) is 4.42. The predicted octanol–water partition coefficient (Wildman–Crippen LogP) is 7.01. The first-order valence-electron chi connectivity index (χ1n) is 10.4. The minimum atomic E-state index is -1.04. The number of imidazole rings is 1. The molecule has 2 nitrogen and oxygen atoms in total. The molecule has 0 saturated carbocycles. The Morgan fingerprint density at radius 1 is 0.862 bits per heavy atom. The van der Waals surface area contributed by atoms with Crippen molar-refractivity contribution in [3.63, 3.8) is 0 Å². The largest absolute Gasteiger partial charge is 0.335 e. The number of hydrogen-bond donors (Lipinski definition) is 0. The van der Waals surface area contributed by atoms with Crippen LogP contribution >= 0.6 is 23.2 Å². The van der Waals surface area contributed by atoms with E-state index >= 15 is 0 Å². The summed E-state index contributed by atoms with van der Waals surface area (Å²) in [5, 5.41) is 0.163. The Hall–Kier alpha value is -1.71. The number of rotatable bonds is 10. The number of aryl methyl sites for hydroxylation is 1. The Morgan fingerprint density at radius 3 is 2.00 bits per heavy atom. The van der Waals surface area contributed by atoms with E-state index in [-0.39, 0.29) is 0 Å². The van der Waals surface area contributed by atoms with Gasteiger partial charge >= 0.3 is 0 Å². The highest BCUT2D eigenvalue weighted by molar-refractivity contribution is 6.35. The van der Waals surface area contributed by atoms with Crippen LogP contribution in [0.5, 0.6) is 0 Å². The molecule has 5 heteroatoms. The minimum absolute atomic E-state index is 0.601. The topological polar surface area (TPSA) is 17.8 Å². The molecule has 0 bridgehead atoms. The molecule has 3 aromatic rings. The van der Waals surface area contributed by atoms with Gasteiger partial charge in [0, 0.05) is 34.3 Å². The molecule has 0 amide bonds. The molecule has 0 fully saturated rings. The van der Waals surface area contributed by atoms with Crippen molar-refractivity contribution in [2.45, 2.75) is 57.3 Å². The summed E-state index contributed by atoms with van der Waals surface area (Å²) in [4.78, 5) is 4.67. The van der Waals surface area contributed by atoms with Gasteiger partial charge in [-0.3, -0.25) is 0 Å². The van der Waals surface area contributed by atoms with Crippen molar-refractivity contribution in [3.05, 3.63) is 87.9 Å². The summed E-state index contributed by atoms with van der Waals surface area (Å²) in [6.07, 6.45) is 11.2. The first kappa shape index (κ1) is 22.0. The number of nitrogens with zero attached hydrogens (tertiary/aromatic N) is 2. The van der Waals surface area contributed by atoms with Gasteiger partial charge in [0.2, 0.25) is 0 Å². The predicted molar refractivity (Wildman–Crippen MR) is 124 cm³/mol. The summed E-state index contributed by atoms with van der Waals surface area (Å²) in [7, 11) is 7.13. The van der Waals surface area contributed by atoms with Gasteiger partial charge < -0.3 is 4.57 Å². The molecule has 1 heterocycles. The number of benzene rings is 2. The lowest BCUT2D eigenvalue weighted by Crippen LogP contribution is -2.34. The van der Waals surface area contributed by atoms with Gasteiger partial charge in [-0.25, -0.2) is 4.98 Å². The summed E-state index contributed by atoms with van der Waals surface area (Å²) in [6, 6.07) is 15.3. The SMILES string of the molecule is [B]C(c1ccccc1Cl)(c1ccccc1Cl)c1nccn1CCCCCCCC. The zero-order valence-electron chi connectivity index (χ0n) is 17.0. The monoisotopic (exact) mass is 424 g/mol. The van der Waals surface area contributed by atoms with Crippen LogP contribution in [-0.4, -0.2) is 17.4 Å². The Morgan fingerprint density at radius 2 is 1.41 bits per heavy atom. The smallest absolute Gasteiger partial charge is 0.114 e. The molecule has 150 valence electrons. The molecule has 0 unspecified atom stereocenters. The van der Waals surface area contributed by atoms with E-state index in [4.69, 9.17) is 31.0 Å². The normalized spacial score (nSPS) is 11.7. The van der Waals surface area contributed by atoms with Crippen LogP contribution in [0.4, 0.5) is 0 Å². The molecule has 2 radical (unpaired) electrons. The third kappa shape index (κ3) is 4.90. The van der Waals surface area contributed by atoms with E-state index in [0.717, 1.165) is 29.9 Å². The van der Waals surface area contributed by atoms with Gasteiger partial charge in [-0.05, 0) is 29.7 Å². The zero-order chi connectivity index (χ0) is 20.7. The zero-order valence-corrected chi connectivity index (χ0v) is 18.5. The maximum absolute atomic E-state index is 7.13. The van der Waals surface area contributed by atoms with Crippen molar-refractivity contribution in [3.8, 4) is 0 Å². The van der Waals surface area contributed by atoms with Gasteiger partial charge in [-0.1, -0.05) is 98.6 Å². The van der Waals surface area contributed by atoms with Crippen molar-refractivity contribution >= 4 is 31.0 Å². The highest BCUT2D eigenvalue weighted by Crippen LogP contribution is 2.41. The molecule has 29 heavy (non-hydrogen) atoms. The Bertz CT molecular complexity index is 877. The fourth-order valence-electron chi connectivity index (χ4n) is 3.85. The summed E-state index contributed by atoms with van der Waals surface area (Å²) >= 11 is 13.2. The van der Waals surface area contributed by atoms with Gasteiger partial charge in [0.1, 0.15) is 5.82 Å². The molecule has 2 aromatic carbocycles. The molecule has 0 spiro atoms. The lowest BCUT2D eigenvalue weighted by molar-refractivity contribution is 0.537. The van der Waals surface area contributed by atoms with Crippen molar-refractivity contribution < 1.29 is 0 Å².